The lowest BCUT2D eigenvalue weighted by Crippen LogP contribution is -2.40. The number of carbonyl (C=O) groups is 2. The molecule has 0 aliphatic heterocycles. The van der Waals surface area contributed by atoms with Crippen molar-refractivity contribution in [3.63, 3.8) is 0 Å². The average molecular weight is 198 g/mol. The van der Waals surface area contributed by atoms with Crippen LogP contribution in [0.4, 0.5) is 4.79 Å². The lowest BCUT2D eigenvalue weighted by atomic mass is 10.1. The SMILES string of the molecule is C=CCNC(=O)NCC1(C(=O)O)CC1. The van der Waals surface area contributed by atoms with E-state index in [2.05, 4.69) is 17.2 Å². The van der Waals surface area contributed by atoms with E-state index in [1.54, 1.807) is 6.08 Å². The number of hydrogen-bond acceptors (Lipinski definition) is 2. The third-order valence-electron chi connectivity index (χ3n) is 2.30. The molecule has 0 spiro atoms. The summed E-state index contributed by atoms with van der Waals surface area (Å²) in [5, 5.41) is 13.8. The van der Waals surface area contributed by atoms with Crippen LogP contribution in [0, 0.1) is 5.41 Å². The van der Waals surface area contributed by atoms with Gasteiger partial charge in [-0.2, -0.15) is 0 Å². The highest BCUT2D eigenvalue weighted by Gasteiger charge is 2.50. The van der Waals surface area contributed by atoms with Crippen LogP contribution in [0.15, 0.2) is 12.7 Å². The van der Waals surface area contributed by atoms with Crippen molar-refractivity contribution in [3.8, 4) is 0 Å². The molecule has 1 saturated carbocycles. The van der Waals surface area contributed by atoms with Gasteiger partial charge < -0.3 is 15.7 Å². The van der Waals surface area contributed by atoms with Crippen molar-refractivity contribution in [1.29, 1.82) is 0 Å². The average Bonchev–Trinajstić information content (AvgIpc) is 2.92. The summed E-state index contributed by atoms with van der Waals surface area (Å²) >= 11 is 0. The first-order chi connectivity index (χ1) is 6.60. The number of amides is 2. The molecule has 1 aliphatic rings. The number of carboxylic acids is 1. The second-order valence-corrected chi connectivity index (χ2v) is 3.44. The van der Waals surface area contributed by atoms with Gasteiger partial charge in [0.15, 0.2) is 0 Å². The third kappa shape index (κ3) is 2.48. The zero-order valence-corrected chi connectivity index (χ0v) is 7.88. The fraction of sp³-hybridized carbons (Fsp3) is 0.556. The van der Waals surface area contributed by atoms with E-state index in [1.165, 1.54) is 0 Å². The van der Waals surface area contributed by atoms with E-state index in [0.717, 1.165) is 0 Å². The largest absolute Gasteiger partial charge is 0.481 e. The van der Waals surface area contributed by atoms with Crippen molar-refractivity contribution in [2.45, 2.75) is 12.8 Å². The van der Waals surface area contributed by atoms with Crippen LogP contribution in [0.25, 0.3) is 0 Å². The molecule has 0 aromatic rings. The zero-order chi connectivity index (χ0) is 10.6. The van der Waals surface area contributed by atoms with Crippen LogP contribution < -0.4 is 10.6 Å². The number of nitrogens with one attached hydrogen (secondary N) is 2. The Morgan fingerprint density at radius 2 is 2.07 bits per heavy atom. The number of rotatable bonds is 5. The smallest absolute Gasteiger partial charge is 0.315 e. The van der Waals surface area contributed by atoms with Crippen LogP contribution in [-0.4, -0.2) is 30.2 Å². The minimum absolute atomic E-state index is 0.200. The molecule has 78 valence electrons. The van der Waals surface area contributed by atoms with Crippen LogP contribution in [0.2, 0.25) is 0 Å². The van der Waals surface area contributed by atoms with Crippen molar-refractivity contribution >= 4 is 12.0 Å². The van der Waals surface area contributed by atoms with Gasteiger partial charge in [0.1, 0.15) is 0 Å². The molecule has 0 saturated heterocycles. The molecule has 0 atom stereocenters. The summed E-state index contributed by atoms with van der Waals surface area (Å²) in [6, 6.07) is -0.350. The van der Waals surface area contributed by atoms with Gasteiger partial charge in [0.2, 0.25) is 0 Å². The van der Waals surface area contributed by atoms with E-state index in [9.17, 15) is 9.59 Å². The van der Waals surface area contributed by atoms with Gasteiger partial charge in [-0.25, -0.2) is 4.79 Å². The Balaban J connectivity index is 2.23. The van der Waals surface area contributed by atoms with Crippen molar-refractivity contribution in [2.75, 3.05) is 13.1 Å². The van der Waals surface area contributed by atoms with Crippen molar-refractivity contribution in [2.24, 2.45) is 5.41 Å². The highest BCUT2D eigenvalue weighted by atomic mass is 16.4. The van der Waals surface area contributed by atoms with Crippen LogP contribution >= 0.6 is 0 Å². The minimum Gasteiger partial charge on any atom is -0.481 e. The standard InChI is InChI=1S/C9H14N2O3/c1-2-5-10-8(14)11-6-9(3-4-9)7(12)13/h2H,1,3-6H2,(H,12,13)(H2,10,11,14). The predicted molar refractivity (Wildman–Crippen MR) is 50.9 cm³/mol. The fourth-order valence-electron chi connectivity index (χ4n) is 1.09. The summed E-state index contributed by atoms with van der Waals surface area (Å²) in [4.78, 5) is 21.8. The monoisotopic (exact) mass is 198 g/mol. The molecule has 0 bridgehead atoms. The van der Waals surface area contributed by atoms with Crippen molar-refractivity contribution in [1.82, 2.24) is 10.6 Å². The maximum absolute atomic E-state index is 11.0. The van der Waals surface area contributed by atoms with Gasteiger partial charge in [-0.05, 0) is 12.8 Å². The number of carboxylic acid groups (broad SMARTS) is 1. The van der Waals surface area contributed by atoms with Gasteiger partial charge in [-0.1, -0.05) is 6.08 Å². The maximum atomic E-state index is 11.0. The molecule has 1 aliphatic carbocycles. The van der Waals surface area contributed by atoms with Gasteiger partial charge >= 0.3 is 12.0 Å². The second kappa shape index (κ2) is 4.13. The highest BCUT2D eigenvalue weighted by molar-refractivity contribution is 5.80. The summed E-state index contributed by atoms with van der Waals surface area (Å²) in [5.74, 6) is -0.832. The second-order valence-electron chi connectivity index (χ2n) is 3.44. The summed E-state index contributed by atoms with van der Waals surface area (Å²) < 4.78 is 0. The van der Waals surface area contributed by atoms with E-state index < -0.39 is 11.4 Å². The number of urea groups is 1. The van der Waals surface area contributed by atoms with Crippen LogP contribution in [0.5, 0.6) is 0 Å². The van der Waals surface area contributed by atoms with Crippen LogP contribution in [0.3, 0.4) is 0 Å². The van der Waals surface area contributed by atoms with E-state index in [4.69, 9.17) is 5.11 Å². The van der Waals surface area contributed by atoms with Crippen molar-refractivity contribution < 1.29 is 14.7 Å². The normalized spacial score (nSPS) is 16.9. The molecule has 5 nitrogen and oxygen atoms in total. The summed E-state index contributed by atoms with van der Waals surface area (Å²) in [5.41, 5.74) is -0.703. The molecule has 0 aromatic heterocycles. The van der Waals surface area contributed by atoms with Crippen LogP contribution in [-0.2, 0) is 4.79 Å². The van der Waals surface area contributed by atoms with Crippen LogP contribution in [0.1, 0.15) is 12.8 Å². The molecule has 0 heterocycles. The van der Waals surface area contributed by atoms with Gasteiger partial charge in [-0.15, -0.1) is 6.58 Å². The Morgan fingerprint density at radius 1 is 1.43 bits per heavy atom. The molecular formula is C9H14N2O3. The Bertz CT molecular complexity index is 259. The molecule has 0 unspecified atom stereocenters. The Hall–Kier alpha value is -1.52. The number of carbonyl (C=O) groups excluding carboxylic acids is 1. The molecule has 0 aromatic carbocycles. The molecule has 1 fully saturated rings. The molecule has 5 heteroatoms. The summed E-state index contributed by atoms with van der Waals surface area (Å²) in [7, 11) is 0. The van der Waals surface area contributed by atoms with E-state index >= 15 is 0 Å². The van der Waals surface area contributed by atoms with E-state index in [0.29, 0.717) is 19.4 Å². The Morgan fingerprint density at radius 3 is 2.50 bits per heavy atom. The number of hydrogen-bond donors (Lipinski definition) is 3. The molecule has 0 radical (unpaired) electrons. The van der Waals surface area contributed by atoms with Gasteiger partial charge in [0.05, 0.1) is 5.41 Å². The van der Waals surface area contributed by atoms with Gasteiger partial charge in [0.25, 0.3) is 0 Å². The Labute approximate surface area is 82.2 Å². The summed E-state index contributed by atoms with van der Waals surface area (Å²) in [6.07, 6.45) is 2.85. The minimum atomic E-state index is -0.832. The lowest BCUT2D eigenvalue weighted by molar-refractivity contribution is -0.143. The lowest BCUT2D eigenvalue weighted by Gasteiger charge is -2.11. The third-order valence-corrected chi connectivity index (χ3v) is 2.30. The molecular weight excluding hydrogens is 184 g/mol. The fourth-order valence-corrected chi connectivity index (χ4v) is 1.09. The molecule has 2 amide bonds. The topological polar surface area (TPSA) is 78.4 Å². The maximum Gasteiger partial charge on any atom is 0.315 e. The first kappa shape index (κ1) is 10.6. The van der Waals surface area contributed by atoms with Gasteiger partial charge in [0, 0.05) is 13.1 Å². The Kier molecular flexibility index (Phi) is 3.11. The first-order valence-corrected chi connectivity index (χ1v) is 4.47. The van der Waals surface area contributed by atoms with E-state index in [-0.39, 0.29) is 12.6 Å². The first-order valence-electron chi connectivity index (χ1n) is 4.47. The molecule has 3 N–H and O–H groups in total. The van der Waals surface area contributed by atoms with Gasteiger partial charge in [-0.3, -0.25) is 4.79 Å². The number of aliphatic carboxylic acids is 1. The predicted octanol–water partition coefficient (Wildman–Crippen LogP) is 0.336. The molecule has 1 rings (SSSR count). The quantitative estimate of drug-likeness (QED) is 0.557. The zero-order valence-electron chi connectivity index (χ0n) is 7.88. The highest BCUT2D eigenvalue weighted by Crippen LogP contribution is 2.45. The van der Waals surface area contributed by atoms with Crippen molar-refractivity contribution in [3.05, 3.63) is 12.7 Å². The molecule has 14 heavy (non-hydrogen) atoms. The summed E-state index contributed by atoms with van der Waals surface area (Å²) in [6.45, 7) is 4.03. The van der Waals surface area contributed by atoms with E-state index in [1.807, 2.05) is 0 Å².